The molecule has 0 spiro atoms. The van der Waals surface area contributed by atoms with E-state index < -0.39 is 0 Å². The van der Waals surface area contributed by atoms with Crippen LogP contribution < -0.4 is 4.74 Å². The molecule has 0 atom stereocenters. The Morgan fingerprint density at radius 3 is 2.42 bits per heavy atom. The van der Waals surface area contributed by atoms with Crippen molar-refractivity contribution < 1.29 is 14.3 Å². The predicted molar refractivity (Wildman–Crippen MR) is 131 cm³/mol. The fourth-order valence-electron chi connectivity index (χ4n) is 5.65. The monoisotopic (exact) mass is 448 g/mol. The third-order valence-corrected chi connectivity index (χ3v) is 7.41. The number of rotatable bonds is 6. The van der Waals surface area contributed by atoms with Crippen LogP contribution in [-0.4, -0.2) is 47.2 Å². The van der Waals surface area contributed by atoms with Gasteiger partial charge < -0.3 is 9.64 Å². The summed E-state index contributed by atoms with van der Waals surface area (Å²) in [6.45, 7) is 13.6. The Hall–Kier alpha value is -2.66. The number of hydrogen-bond donors (Lipinski definition) is 0. The Morgan fingerprint density at radius 2 is 1.76 bits per heavy atom. The minimum atomic E-state index is 0.131. The lowest BCUT2D eigenvalue weighted by Gasteiger charge is -2.39. The van der Waals surface area contributed by atoms with E-state index >= 15 is 0 Å². The average Bonchev–Trinajstić information content (AvgIpc) is 3.23. The predicted octanol–water partition coefficient (Wildman–Crippen LogP) is 4.76. The number of aryl methyl sites for hydroxylation is 2. The van der Waals surface area contributed by atoms with Crippen molar-refractivity contribution in [2.24, 2.45) is 0 Å². The van der Waals surface area contributed by atoms with Crippen LogP contribution in [0, 0.1) is 20.8 Å². The number of carbonyl (C=O) groups is 2. The summed E-state index contributed by atoms with van der Waals surface area (Å²) in [5.41, 5.74) is 8.10. The maximum atomic E-state index is 12.4. The first kappa shape index (κ1) is 23.5. The molecule has 0 unspecified atom stereocenters. The van der Waals surface area contributed by atoms with Crippen molar-refractivity contribution in [3.63, 3.8) is 0 Å². The first-order chi connectivity index (χ1) is 15.7. The number of benzene rings is 2. The number of amides is 1. The van der Waals surface area contributed by atoms with E-state index in [0.717, 1.165) is 74.5 Å². The molecule has 0 aromatic heterocycles. The Morgan fingerprint density at radius 1 is 1.03 bits per heavy atom. The summed E-state index contributed by atoms with van der Waals surface area (Å²) in [6.07, 6.45) is 2.91. The number of piperidine rings is 1. The molecule has 0 N–H and O–H groups in total. The molecular weight excluding hydrogens is 412 g/mol. The zero-order chi connectivity index (χ0) is 23.7. The number of ketones is 1. The average molecular weight is 449 g/mol. The molecule has 2 aromatic carbocycles. The van der Waals surface area contributed by atoms with Crippen LogP contribution in [0.5, 0.6) is 5.75 Å². The minimum absolute atomic E-state index is 0.131. The van der Waals surface area contributed by atoms with E-state index in [4.69, 9.17) is 4.74 Å². The smallest absolute Gasteiger partial charge is 0.219 e. The molecule has 0 bridgehead atoms. The van der Waals surface area contributed by atoms with Crippen LogP contribution in [0.25, 0.3) is 0 Å². The molecule has 176 valence electrons. The van der Waals surface area contributed by atoms with E-state index in [9.17, 15) is 9.59 Å². The van der Waals surface area contributed by atoms with Gasteiger partial charge in [0.15, 0.2) is 5.78 Å². The number of nitrogens with zero attached hydrogens (tertiary/aromatic N) is 2. The second-order valence-corrected chi connectivity index (χ2v) is 9.73. The van der Waals surface area contributed by atoms with E-state index in [1.807, 2.05) is 11.8 Å². The van der Waals surface area contributed by atoms with Gasteiger partial charge in [-0.1, -0.05) is 18.2 Å². The lowest BCUT2D eigenvalue weighted by Crippen LogP contribution is -2.45. The molecule has 2 aliphatic rings. The third kappa shape index (κ3) is 4.98. The highest BCUT2D eigenvalue weighted by Gasteiger charge is 2.27. The van der Waals surface area contributed by atoms with E-state index in [-0.39, 0.29) is 11.7 Å². The molecule has 1 fully saturated rings. The molecule has 2 heterocycles. The second kappa shape index (κ2) is 9.68. The molecule has 33 heavy (non-hydrogen) atoms. The number of Topliss-reactive ketones (excluding diaryl/α,β-unsaturated/α-hetero) is 1. The highest BCUT2D eigenvalue weighted by atomic mass is 16.5. The topological polar surface area (TPSA) is 49.9 Å². The number of hydrogen-bond acceptors (Lipinski definition) is 4. The van der Waals surface area contributed by atoms with Gasteiger partial charge in [0.1, 0.15) is 5.75 Å². The molecular formula is C28H36N2O3. The van der Waals surface area contributed by atoms with Gasteiger partial charge in [0.2, 0.25) is 5.91 Å². The van der Waals surface area contributed by atoms with E-state index in [1.54, 1.807) is 13.8 Å². The van der Waals surface area contributed by atoms with Crippen LogP contribution in [0.2, 0.25) is 0 Å². The summed E-state index contributed by atoms with van der Waals surface area (Å²) in [5, 5.41) is 0. The van der Waals surface area contributed by atoms with E-state index in [0.29, 0.717) is 6.04 Å². The normalized spacial score (nSPS) is 16.1. The molecule has 0 radical (unpaired) electrons. The highest BCUT2D eigenvalue weighted by molar-refractivity contribution is 5.97. The zero-order valence-corrected chi connectivity index (χ0v) is 20.7. The van der Waals surface area contributed by atoms with Crippen LogP contribution in [-0.2, 0) is 24.3 Å². The molecule has 0 aliphatic carbocycles. The van der Waals surface area contributed by atoms with Gasteiger partial charge in [-0.05, 0) is 80.0 Å². The van der Waals surface area contributed by atoms with Gasteiger partial charge in [-0.25, -0.2) is 0 Å². The molecule has 2 aromatic rings. The maximum Gasteiger partial charge on any atom is 0.219 e. The summed E-state index contributed by atoms with van der Waals surface area (Å²) in [4.78, 5) is 28.7. The van der Waals surface area contributed by atoms with Gasteiger partial charge in [-0.15, -0.1) is 0 Å². The lowest BCUT2D eigenvalue weighted by molar-refractivity contribution is -0.130. The number of ether oxygens (including phenoxy) is 1. The second-order valence-electron chi connectivity index (χ2n) is 9.73. The molecule has 1 saturated heterocycles. The largest absolute Gasteiger partial charge is 0.493 e. The van der Waals surface area contributed by atoms with Crippen molar-refractivity contribution in [1.29, 1.82) is 0 Å². The van der Waals surface area contributed by atoms with Gasteiger partial charge in [0.05, 0.1) is 6.61 Å². The van der Waals surface area contributed by atoms with Gasteiger partial charge >= 0.3 is 0 Å². The van der Waals surface area contributed by atoms with Gasteiger partial charge in [-0.3, -0.25) is 14.5 Å². The fraction of sp³-hybridized carbons (Fsp3) is 0.500. The Labute approximate surface area is 197 Å². The van der Waals surface area contributed by atoms with Gasteiger partial charge in [0, 0.05) is 51.1 Å². The van der Waals surface area contributed by atoms with Crippen molar-refractivity contribution in [3.8, 4) is 5.75 Å². The van der Waals surface area contributed by atoms with Crippen LogP contribution in [0.15, 0.2) is 24.3 Å². The summed E-state index contributed by atoms with van der Waals surface area (Å²) in [5.74, 6) is 1.30. The van der Waals surface area contributed by atoms with Crippen LogP contribution in [0.3, 0.4) is 0 Å². The summed E-state index contributed by atoms with van der Waals surface area (Å²) < 4.78 is 5.70. The number of fused-ring (bicyclic) bond motifs is 1. The molecule has 0 saturated carbocycles. The quantitative estimate of drug-likeness (QED) is 0.598. The standard InChI is InChI=1S/C28H36N2O3/c1-18-14-19(2)28(21(4)31)20(3)26(18)17-30(25-8-11-29(12-9-25)22(5)32)16-23-6-7-27-24(15-23)10-13-33-27/h6-7,14-15,25H,8-13,16-17H2,1-5H3. The highest BCUT2D eigenvalue weighted by Crippen LogP contribution is 2.30. The van der Waals surface area contributed by atoms with E-state index in [2.05, 4.69) is 43.0 Å². The maximum absolute atomic E-state index is 12.4. The number of likely N-dealkylation sites (tertiary alicyclic amines) is 1. The van der Waals surface area contributed by atoms with Crippen molar-refractivity contribution in [1.82, 2.24) is 9.80 Å². The van der Waals surface area contributed by atoms with Crippen molar-refractivity contribution in [2.75, 3.05) is 19.7 Å². The molecule has 1 amide bonds. The molecule has 5 heteroatoms. The molecule has 5 nitrogen and oxygen atoms in total. The molecule has 4 rings (SSSR count). The first-order valence-corrected chi connectivity index (χ1v) is 12.1. The summed E-state index contributed by atoms with van der Waals surface area (Å²) in [7, 11) is 0. The number of carbonyl (C=O) groups excluding carboxylic acids is 2. The zero-order valence-electron chi connectivity index (χ0n) is 20.7. The van der Waals surface area contributed by atoms with Crippen molar-refractivity contribution in [3.05, 3.63) is 63.2 Å². The first-order valence-electron chi connectivity index (χ1n) is 12.1. The third-order valence-electron chi connectivity index (χ3n) is 7.41. The summed E-state index contributed by atoms with van der Waals surface area (Å²) >= 11 is 0. The Balaban J connectivity index is 1.64. The molecule has 2 aliphatic heterocycles. The lowest BCUT2D eigenvalue weighted by atomic mass is 9.90. The van der Waals surface area contributed by atoms with Gasteiger partial charge in [-0.2, -0.15) is 0 Å². The van der Waals surface area contributed by atoms with Crippen LogP contribution >= 0.6 is 0 Å². The fourth-order valence-corrected chi connectivity index (χ4v) is 5.65. The summed E-state index contributed by atoms with van der Waals surface area (Å²) in [6, 6.07) is 9.12. The van der Waals surface area contributed by atoms with Crippen LogP contribution in [0.4, 0.5) is 0 Å². The Kier molecular flexibility index (Phi) is 6.89. The van der Waals surface area contributed by atoms with Crippen LogP contribution in [0.1, 0.15) is 70.4 Å². The van der Waals surface area contributed by atoms with Crippen molar-refractivity contribution >= 4 is 11.7 Å². The minimum Gasteiger partial charge on any atom is -0.493 e. The van der Waals surface area contributed by atoms with Gasteiger partial charge in [0.25, 0.3) is 0 Å². The van der Waals surface area contributed by atoms with E-state index in [1.165, 1.54) is 22.3 Å². The SMILES string of the molecule is CC(=O)c1c(C)cc(C)c(CN(Cc2ccc3c(c2)CCO3)C2CCN(C(C)=O)CC2)c1C. The Bertz CT molecular complexity index is 1070. The van der Waals surface area contributed by atoms with Crippen molar-refractivity contribution in [2.45, 2.75) is 73.0 Å².